The normalized spacial score (nSPS) is 13.0. The largest absolute Gasteiger partial charge is 0.399 e. The summed E-state index contributed by atoms with van der Waals surface area (Å²) in [5.41, 5.74) is 9.22. The zero-order valence-corrected chi connectivity index (χ0v) is 12.5. The van der Waals surface area contributed by atoms with E-state index in [0.717, 1.165) is 22.9 Å². The van der Waals surface area contributed by atoms with Crippen LogP contribution in [0.3, 0.4) is 0 Å². The Morgan fingerprint density at radius 2 is 1.91 bits per heavy atom. The molecule has 3 aromatic rings. The van der Waals surface area contributed by atoms with E-state index in [0.29, 0.717) is 23.5 Å². The fourth-order valence-electron chi connectivity index (χ4n) is 2.88. The maximum Gasteiger partial charge on any atom is 0.159 e. The van der Waals surface area contributed by atoms with Crippen LogP contribution in [0.1, 0.15) is 22.8 Å². The predicted molar refractivity (Wildman–Crippen MR) is 86.3 cm³/mol. The number of aryl methyl sites for hydroxylation is 1. The first kappa shape index (κ1) is 13.6. The summed E-state index contributed by atoms with van der Waals surface area (Å²) in [6.45, 7) is 2.21. The zero-order valence-electron chi connectivity index (χ0n) is 12.5. The number of nitrogen functional groups attached to an aromatic ring is 1. The fourth-order valence-corrected chi connectivity index (χ4v) is 2.88. The van der Waals surface area contributed by atoms with Crippen molar-refractivity contribution in [1.29, 1.82) is 0 Å². The molecule has 4 rings (SSSR count). The van der Waals surface area contributed by atoms with E-state index in [4.69, 9.17) is 5.73 Å². The summed E-state index contributed by atoms with van der Waals surface area (Å²) in [5.74, 6) is 1.17. The van der Waals surface area contributed by atoms with Crippen molar-refractivity contribution < 1.29 is 4.39 Å². The molecule has 0 radical (unpaired) electrons. The van der Waals surface area contributed by atoms with Crippen molar-refractivity contribution in [3.05, 3.63) is 71.1 Å². The van der Waals surface area contributed by atoms with Gasteiger partial charge in [-0.25, -0.2) is 4.39 Å². The van der Waals surface area contributed by atoms with Crippen LogP contribution in [0.5, 0.6) is 0 Å². The Kier molecular flexibility index (Phi) is 2.97. The first-order valence-corrected chi connectivity index (χ1v) is 7.25. The number of aromatic nitrogens is 3. The second-order valence-corrected chi connectivity index (χ2v) is 5.42. The summed E-state index contributed by atoms with van der Waals surface area (Å²) in [4.78, 5) is 4.59. The molecule has 0 bridgehead atoms. The fraction of sp³-hybridized carbons (Fsp3) is 0.118. The van der Waals surface area contributed by atoms with Gasteiger partial charge in [-0.2, -0.15) is 0 Å². The number of fused-ring (bicyclic) bond motifs is 3. The van der Waals surface area contributed by atoms with Gasteiger partial charge < -0.3 is 5.73 Å². The highest BCUT2D eigenvalue weighted by Gasteiger charge is 2.23. The molecule has 0 amide bonds. The summed E-state index contributed by atoms with van der Waals surface area (Å²) in [6.07, 6.45) is 0. The molecule has 2 N–H and O–H groups in total. The lowest BCUT2D eigenvalue weighted by Gasteiger charge is -2.13. The molecule has 1 aromatic heterocycles. The van der Waals surface area contributed by atoms with Gasteiger partial charge in [0.25, 0.3) is 0 Å². The topological polar surface area (TPSA) is 69.1 Å². The summed E-state index contributed by atoms with van der Waals surface area (Å²) in [6, 6.07) is 12.1. The van der Waals surface area contributed by atoms with E-state index in [1.807, 2.05) is 29.7 Å². The number of rotatable bonds is 1. The average molecular weight is 307 g/mol. The Labute approximate surface area is 132 Å². The lowest BCUT2D eigenvalue weighted by molar-refractivity contribution is 0.625. The smallest absolute Gasteiger partial charge is 0.159 e. The van der Waals surface area contributed by atoms with Crippen LogP contribution in [0.4, 0.5) is 10.1 Å². The Morgan fingerprint density at radius 1 is 1.09 bits per heavy atom. The van der Waals surface area contributed by atoms with Gasteiger partial charge in [0.15, 0.2) is 5.82 Å². The lowest BCUT2D eigenvalue weighted by atomic mass is 9.99. The second kappa shape index (κ2) is 5.01. The molecular formula is C17H14FN5. The van der Waals surface area contributed by atoms with Crippen molar-refractivity contribution in [1.82, 2.24) is 14.8 Å². The van der Waals surface area contributed by atoms with Gasteiger partial charge in [-0.05, 0) is 37.3 Å². The molecule has 0 atom stereocenters. The molecule has 0 spiro atoms. The quantitative estimate of drug-likeness (QED) is 0.703. The predicted octanol–water partition coefficient (Wildman–Crippen LogP) is 2.65. The average Bonchev–Trinajstić information content (AvgIpc) is 2.82. The van der Waals surface area contributed by atoms with Crippen LogP contribution < -0.4 is 5.73 Å². The number of benzene rings is 2. The summed E-state index contributed by atoms with van der Waals surface area (Å²) in [7, 11) is 0. The van der Waals surface area contributed by atoms with E-state index < -0.39 is 0 Å². The first-order chi connectivity index (χ1) is 11.1. The maximum absolute atomic E-state index is 14.3. The number of nitrogens with two attached hydrogens (primary N) is 1. The van der Waals surface area contributed by atoms with E-state index in [1.54, 1.807) is 18.2 Å². The highest BCUT2D eigenvalue weighted by Crippen LogP contribution is 2.28. The van der Waals surface area contributed by atoms with Crippen LogP contribution in [-0.2, 0) is 6.54 Å². The molecule has 6 heteroatoms. The minimum Gasteiger partial charge on any atom is -0.399 e. The Hall–Kier alpha value is -3.02. The second-order valence-electron chi connectivity index (χ2n) is 5.42. The third kappa shape index (κ3) is 2.11. The minimum atomic E-state index is -0.311. The molecule has 2 aromatic carbocycles. The van der Waals surface area contributed by atoms with E-state index in [9.17, 15) is 4.39 Å². The monoisotopic (exact) mass is 307 g/mol. The van der Waals surface area contributed by atoms with Crippen molar-refractivity contribution in [3.8, 4) is 5.69 Å². The van der Waals surface area contributed by atoms with Crippen LogP contribution >= 0.6 is 0 Å². The molecular weight excluding hydrogens is 293 g/mol. The van der Waals surface area contributed by atoms with E-state index in [1.165, 1.54) is 6.07 Å². The summed E-state index contributed by atoms with van der Waals surface area (Å²) >= 11 is 0. The highest BCUT2D eigenvalue weighted by molar-refractivity contribution is 6.15. The minimum absolute atomic E-state index is 0.311. The van der Waals surface area contributed by atoms with Crippen LogP contribution in [0.2, 0.25) is 0 Å². The Morgan fingerprint density at radius 3 is 2.74 bits per heavy atom. The van der Waals surface area contributed by atoms with Crippen LogP contribution in [0, 0.1) is 12.7 Å². The van der Waals surface area contributed by atoms with E-state index in [2.05, 4.69) is 15.2 Å². The molecule has 23 heavy (non-hydrogen) atoms. The Balaban J connectivity index is 2.03. The third-order valence-corrected chi connectivity index (χ3v) is 3.92. The lowest BCUT2D eigenvalue weighted by Crippen LogP contribution is -2.10. The maximum atomic E-state index is 14.3. The van der Waals surface area contributed by atoms with Gasteiger partial charge in [-0.1, -0.05) is 12.1 Å². The highest BCUT2D eigenvalue weighted by atomic mass is 19.1. The van der Waals surface area contributed by atoms with Gasteiger partial charge >= 0.3 is 0 Å². The molecule has 5 nitrogen and oxygen atoms in total. The molecule has 0 fully saturated rings. The van der Waals surface area contributed by atoms with Gasteiger partial charge in [-0.15, -0.1) is 10.2 Å². The molecule has 0 saturated heterocycles. The number of anilines is 1. The van der Waals surface area contributed by atoms with Gasteiger partial charge in [0.05, 0.1) is 11.4 Å². The van der Waals surface area contributed by atoms with Crippen molar-refractivity contribution in [2.24, 2.45) is 4.99 Å². The van der Waals surface area contributed by atoms with Gasteiger partial charge in [-0.3, -0.25) is 9.56 Å². The van der Waals surface area contributed by atoms with Crippen molar-refractivity contribution in [2.75, 3.05) is 5.73 Å². The summed E-state index contributed by atoms with van der Waals surface area (Å²) in [5, 5.41) is 8.28. The van der Waals surface area contributed by atoms with Gasteiger partial charge in [0, 0.05) is 16.8 Å². The number of hydrogen-bond donors (Lipinski definition) is 1. The molecule has 1 aliphatic rings. The first-order valence-electron chi connectivity index (χ1n) is 7.25. The molecule has 1 aliphatic heterocycles. The SMILES string of the molecule is Cc1nnc2n1-c1ccc(N)cc1C(c1ccccc1F)=NC2. The van der Waals surface area contributed by atoms with Crippen molar-refractivity contribution >= 4 is 11.4 Å². The number of nitrogens with zero attached hydrogens (tertiary/aromatic N) is 4. The number of aliphatic imine (C=N–C) groups is 1. The molecule has 2 heterocycles. The molecule has 0 saturated carbocycles. The van der Waals surface area contributed by atoms with E-state index in [-0.39, 0.29) is 5.82 Å². The standard InChI is InChI=1S/C17H14FN5/c1-10-21-22-16-9-20-17(12-4-2-3-5-14(12)18)13-8-11(19)6-7-15(13)23(10)16/h2-8H,9,19H2,1H3. The summed E-state index contributed by atoms with van der Waals surface area (Å²) < 4.78 is 16.2. The molecule has 0 unspecified atom stereocenters. The van der Waals surface area contributed by atoms with E-state index >= 15 is 0 Å². The van der Waals surface area contributed by atoms with Crippen LogP contribution in [0.15, 0.2) is 47.5 Å². The number of halogens is 1. The van der Waals surface area contributed by atoms with Gasteiger partial charge in [0.1, 0.15) is 18.2 Å². The Bertz CT molecular complexity index is 942. The van der Waals surface area contributed by atoms with Crippen LogP contribution in [0.25, 0.3) is 5.69 Å². The number of hydrogen-bond acceptors (Lipinski definition) is 4. The van der Waals surface area contributed by atoms with Crippen molar-refractivity contribution in [2.45, 2.75) is 13.5 Å². The zero-order chi connectivity index (χ0) is 16.0. The van der Waals surface area contributed by atoms with Crippen LogP contribution in [-0.4, -0.2) is 20.5 Å². The third-order valence-electron chi connectivity index (χ3n) is 3.92. The molecule has 114 valence electrons. The van der Waals surface area contributed by atoms with Crippen molar-refractivity contribution in [3.63, 3.8) is 0 Å². The molecule has 0 aliphatic carbocycles. The van der Waals surface area contributed by atoms with Gasteiger partial charge in [0.2, 0.25) is 0 Å².